The molecule has 0 atom stereocenters. The summed E-state index contributed by atoms with van der Waals surface area (Å²) < 4.78 is 6.24. The van der Waals surface area contributed by atoms with Gasteiger partial charge < -0.3 is 4.43 Å². The molecule has 1 aliphatic rings. The molecule has 78 valence electrons. The summed E-state index contributed by atoms with van der Waals surface area (Å²) in [6.07, 6.45) is 2.84. The molecule has 0 saturated carbocycles. The maximum Gasteiger partial charge on any atom is 0.192 e. The van der Waals surface area contributed by atoms with Crippen molar-refractivity contribution in [2.24, 2.45) is 5.41 Å². The molecule has 1 saturated heterocycles. The molecule has 2 heteroatoms. The highest BCUT2D eigenvalue weighted by atomic mass is 28.4. The molecule has 0 aromatic carbocycles. The quantitative estimate of drug-likeness (QED) is 0.630. The fraction of sp³-hybridized carbons (Fsp3) is 1.00. The second-order valence-electron chi connectivity index (χ2n) is 5.59. The van der Waals surface area contributed by atoms with E-state index in [4.69, 9.17) is 4.43 Å². The summed E-state index contributed by atoms with van der Waals surface area (Å²) in [6, 6.07) is 4.16. The molecule has 0 radical (unpaired) electrons. The average molecular weight is 200 g/mol. The SMILES string of the molecule is CC[Si]1(OCC(C)(C)C)CCCC1. The van der Waals surface area contributed by atoms with Gasteiger partial charge >= 0.3 is 0 Å². The first-order valence-corrected chi connectivity index (χ1v) is 8.14. The Balaban J connectivity index is 2.40. The van der Waals surface area contributed by atoms with Crippen LogP contribution in [0.2, 0.25) is 18.1 Å². The van der Waals surface area contributed by atoms with Gasteiger partial charge in [-0.1, -0.05) is 40.5 Å². The fourth-order valence-corrected chi connectivity index (χ4v) is 5.97. The summed E-state index contributed by atoms with van der Waals surface area (Å²) in [5.74, 6) is 0. The molecule has 0 aliphatic carbocycles. The molecule has 0 N–H and O–H groups in total. The van der Waals surface area contributed by atoms with E-state index in [0.29, 0.717) is 5.41 Å². The monoisotopic (exact) mass is 200 g/mol. The second-order valence-corrected chi connectivity index (χ2v) is 9.95. The lowest BCUT2D eigenvalue weighted by Crippen LogP contribution is -2.36. The molecule has 0 bridgehead atoms. The zero-order chi connectivity index (χ0) is 9.95. The van der Waals surface area contributed by atoms with Gasteiger partial charge in [0.25, 0.3) is 0 Å². The van der Waals surface area contributed by atoms with Crippen molar-refractivity contribution >= 4 is 8.32 Å². The van der Waals surface area contributed by atoms with Crippen molar-refractivity contribution < 1.29 is 4.43 Å². The molecule has 0 amide bonds. The third-order valence-electron chi connectivity index (χ3n) is 2.97. The highest BCUT2D eigenvalue weighted by Gasteiger charge is 2.37. The Morgan fingerprint density at radius 2 is 1.69 bits per heavy atom. The van der Waals surface area contributed by atoms with E-state index in [0.717, 1.165) is 6.61 Å². The molecule has 0 aromatic heterocycles. The maximum atomic E-state index is 6.24. The van der Waals surface area contributed by atoms with Gasteiger partial charge in [0.1, 0.15) is 0 Å². The highest BCUT2D eigenvalue weighted by molar-refractivity contribution is 6.74. The van der Waals surface area contributed by atoms with Gasteiger partial charge in [0.05, 0.1) is 0 Å². The Morgan fingerprint density at radius 3 is 2.08 bits per heavy atom. The topological polar surface area (TPSA) is 9.23 Å². The maximum absolute atomic E-state index is 6.24. The van der Waals surface area contributed by atoms with E-state index in [-0.39, 0.29) is 0 Å². The normalized spacial score (nSPS) is 22.2. The minimum Gasteiger partial charge on any atom is -0.416 e. The molecule has 1 heterocycles. The van der Waals surface area contributed by atoms with Crippen LogP contribution in [-0.2, 0) is 4.43 Å². The number of hydrogen-bond donors (Lipinski definition) is 0. The molecule has 0 spiro atoms. The number of hydrogen-bond acceptors (Lipinski definition) is 1. The molecule has 1 nitrogen and oxygen atoms in total. The summed E-state index contributed by atoms with van der Waals surface area (Å²) in [5.41, 5.74) is 0.345. The predicted octanol–water partition coefficient (Wildman–Crippen LogP) is 3.81. The van der Waals surface area contributed by atoms with Gasteiger partial charge in [0, 0.05) is 6.61 Å². The zero-order valence-corrected chi connectivity index (χ0v) is 10.7. The zero-order valence-electron chi connectivity index (χ0n) is 9.65. The molecule has 13 heavy (non-hydrogen) atoms. The van der Waals surface area contributed by atoms with E-state index in [1.165, 1.54) is 31.0 Å². The second kappa shape index (κ2) is 4.14. The van der Waals surface area contributed by atoms with E-state index < -0.39 is 8.32 Å². The van der Waals surface area contributed by atoms with Crippen molar-refractivity contribution in [2.75, 3.05) is 6.61 Å². The van der Waals surface area contributed by atoms with Gasteiger partial charge in [-0.3, -0.25) is 0 Å². The van der Waals surface area contributed by atoms with Crippen LogP contribution in [0.25, 0.3) is 0 Å². The van der Waals surface area contributed by atoms with Crippen molar-refractivity contribution in [1.82, 2.24) is 0 Å². The highest BCUT2D eigenvalue weighted by Crippen LogP contribution is 2.35. The Morgan fingerprint density at radius 1 is 1.15 bits per heavy atom. The van der Waals surface area contributed by atoms with Gasteiger partial charge in [-0.25, -0.2) is 0 Å². The Bertz CT molecular complexity index is 154. The van der Waals surface area contributed by atoms with Crippen LogP contribution < -0.4 is 0 Å². The molecule has 1 aliphatic heterocycles. The van der Waals surface area contributed by atoms with Crippen LogP contribution in [0.5, 0.6) is 0 Å². The minimum absolute atomic E-state index is 0.345. The van der Waals surface area contributed by atoms with Crippen LogP contribution in [0.4, 0.5) is 0 Å². The van der Waals surface area contributed by atoms with Gasteiger partial charge in [-0.2, -0.15) is 0 Å². The van der Waals surface area contributed by atoms with Crippen LogP contribution in [0.1, 0.15) is 40.5 Å². The van der Waals surface area contributed by atoms with Gasteiger partial charge in [0.15, 0.2) is 8.32 Å². The standard InChI is InChI=1S/C11H24OSi/c1-5-13(8-6-7-9-13)12-10-11(2,3)4/h5-10H2,1-4H3. The summed E-state index contributed by atoms with van der Waals surface area (Å²) in [5, 5.41) is 0. The first kappa shape index (κ1) is 11.3. The third kappa shape index (κ3) is 3.43. The van der Waals surface area contributed by atoms with E-state index in [1.807, 2.05) is 0 Å². The van der Waals surface area contributed by atoms with Crippen LogP contribution >= 0.6 is 0 Å². The van der Waals surface area contributed by atoms with Crippen molar-refractivity contribution in [2.45, 2.75) is 58.7 Å². The van der Waals surface area contributed by atoms with Crippen molar-refractivity contribution in [3.05, 3.63) is 0 Å². The van der Waals surface area contributed by atoms with E-state index in [9.17, 15) is 0 Å². The first-order valence-electron chi connectivity index (χ1n) is 5.61. The van der Waals surface area contributed by atoms with Crippen LogP contribution in [0.3, 0.4) is 0 Å². The Labute approximate surface area is 84.0 Å². The Kier molecular flexibility index (Phi) is 3.58. The minimum atomic E-state index is -1.22. The lowest BCUT2D eigenvalue weighted by atomic mass is 9.99. The van der Waals surface area contributed by atoms with Crippen LogP contribution in [0.15, 0.2) is 0 Å². The molecular formula is C11H24OSi. The van der Waals surface area contributed by atoms with E-state index in [1.54, 1.807) is 0 Å². The summed E-state index contributed by atoms with van der Waals surface area (Å²) in [4.78, 5) is 0. The molecule has 1 rings (SSSR count). The summed E-state index contributed by atoms with van der Waals surface area (Å²) >= 11 is 0. The van der Waals surface area contributed by atoms with Crippen molar-refractivity contribution in [3.8, 4) is 0 Å². The first-order chi connectivity index (χ1) is 5.97. The van der Waals surface area contributed by atoms with E-state index in [2.05, 4.69) is 27.7 Å². The largest absolute Gasteiger partial charge is 0.416 e. The van der Waals surface area contributed by atoms with Gasteiger partial charge in [-0.05, 0) is 23.5 Å². The molecule has 0 unspecified atom stereocenters. The lowest BCUT2D eigenvalue weighted by Gasteiger charge is -2.30. The van der Waals surface area contributed by atoms with Crippen molar-refractivity contribution in [1.29, 1.82) is 0 Å². The average Bonchev–Trinajstić information content (AvgIpc) is 2.49. The smallest absolute Gasteiger partial charge is 0.192 e. The van der Waals surface area contributed by atoms with Crippen LogP contribution in [-0.4, -0.2) is 14.9 Å². The third-order valence-corrected chi connectivity index (χ3v) is 7.55. The predicted molar refractivity (Wildman–Crippen MR) is 60.5 cm³/mol. The molecular weight excluding hydrogens is 176 g/mol. The van der Waals surface area contributed by atoms with Gasteiger partial charge in [0.2, 0.25) is 0 Å². The molecule has 0 aromatic rings. The molecule has 1 fully saturated rings. The summed E-state index contributed by atoms with van der Waals surface area (Å²) in [7, 11) is -1.22. The summed E-state index contributed by atoms with van der Waals surface area (Å²) in [6.45, 7) is 10.1. The van der Waals surface area contributed by atoms with E-state index >= 15 is 0 Å². The Hall–Kier alpha value is 0.177. The fourth-order valence-electron chi connectivity index (χ4n) is 1.99. The lowest BCUT2D eigenvalue weighted by molar-refractivity contribution is 0.187. The van der Waals surface area contributed by atoms with Crippen molar-refractivity contribution in [3.63, 3.8) is 0 Å². The van der Waals surface area contributed by atoms with Gasteiger partial charge in [-0.15, -0.1) is 0 Å². The number of rotatable bonds is 3. The van der Waals surface area contributed by atoms with Crippen LogP contribution in [0, 0.1) is 5.41 Å².